The van der Waals surface area contributed by atoms with Gasteiger partial charge in [-0.1, -0.05) is 36.4 Å². The van der Waals surface area contributed by atoms with Crippen LogP contribution in [0.4, 0.5) is 0 Å². The summed E-state index contributed by atoms with van der Waals surface area (Å²) in [5, 5.41) is 10.1. The predicted molar refractivity (Wildman–Crippen MR) is 69.2 cm³/mol. The Hall–Kier alpha value is -1.20. The Labute approximate surface area is 108 Å². The van der Waals surface area contributed by atoms with Gasteiger partial charge in [0.15, 0.2) is 0 Å². The van der Waals surface area contributed by atoms with Crippen LogP contribution in [-0.2, 0) is 14.2 Å². The van der Waals surface area contributed by atoms with E-state index < -0.39 is 12.2 Å². The van der Waals surface area contributed by atoms with Crippen LogP contribution in [0.3, 0.4) is 0 Å². The van der Waals surface area contributed by atoms with Crippen LogP contribution in [0.1, 0.15) is 11.7 Å². The van der Waals surface area contributed by atoms with Crippen molar-refractivity contribution in [3.05, 3.63) is 48.6 Å². The van der Waals surface area contributed by atoms with Gasteiger partial charge in [0.1, 0.15) is 19.0 Å². The molecule has 0 unspecified atom stereocenters. The molecule has 1 rings (SSSR count). The molecule has 4 heteroatoms. The lowest BCUT2D eigenvalue weighted by Gasteiger charge is -2.20. The maximum absolute atomic E-state index is 10.1. The smallest absolute Gasteiger partial charge is 0.147 e. The van der Waals surface area contributed by atoms with Gasteiger partial charge in [-0.3, -0.25) is 0 Å². The zero-order valence-corrected chi connectivity index (χ0v) is 10.6. The highest BCUT2D eigenvalue weighted by Gasteiger charge is 2.18. The molecule has 1 N–H and O–H groups in total. The highest BCUT2D eigenvalue weighted by molar-refractivity contribution is 5.19. The number of hydrogen-bond donors (Lipinski definition) is 1. The molecule has 2 atom stereocenters. The van der Waals surface area contributed by atoms with E-state index in [-0.39, 0.29) is 6.79 Å². The minimum atomic E-state index is -0.741. The molecule has 0 aliphatic carbocycles. The lowest BCUT2D eigenvalue weighted by molar-refractivity contribution is -0.114. The second kappa shape index (κ2) is 8.83. The van der Waals surface area contributed by atoms with Crippen LogP contribution in [0.25, 0.3) is 0 Å². The van der Waals surface area contributed by atoms with E-state index in [0.29, 0.717) is 13.2 Å². The van der Waals surface area contributed by atoms with Gasteiger partial charge < -0.3 is 19.3 Å². The van der Waals surface area contributed by atoms with Gasteiger partial charge in [-0.2, -0.15) is 0 Å². The Morgan fingerprint density at radius 2 is 2.00 bits per heavy atom. The first-order chi connectivity index (χ1) is 8.79. The monoisotopic (exact) mass is 252 g/mol. The first kappa shape index (κ1) is 14.9. The fourth-order valence-electron chi connectivity index (χ4n) is 1.46. The minimum Gasteiger partial charge on any atom is -0.385 e. The maximum Gasteiger partial charge on any atom is 0.147 e. The molecule has 4 nitrogen and oxygen atoms in total. The second-order valence-electron chi connectivity index (χ2n) is 3.74. The van der Waals surface area contributed by atoms with Crippen LogP contribution >= 0.6 is 0 Å². The molecule has 1 aromatic rings. The van der Waals surface area contributed by atoms with E-state index in [1.165, 1.54) is 0 Å². The molecule has 0 saturated carbocycles. The molecule has 0 heterocycles. The second-order valence-corrected chi connectivity index (χ2v) is 3.74. The van der Waals surface area contributed by atoms with Crippen LogP contribution in [0.5, 0.6) is 0 Å². The third-order valence-electron chi connectivity index (χ3n) is 2.46. The normalized spacial score (nSPS) is 14.1. The molecular weight excluding hydrogens is 232 g/mol. The molecule has 0 saturated heterocycles. The average molecular weight is 252 g/mol. The Kier molecular flexibility index (Phi) is 7.29. The summed E-state index contributed by atoms with van der Waals surface area (Å²) >= 11 is 0. The number of aliphatic hydroxyl groups excluding tert-OH is 1. The van der Waals surface area contributed by atoms with Gasteiger partial charge in [-0.15, -0.1) is 6.58 Å². The molecule has 18 heavy (non-hydrogen) atoms. The molecule has 0 spiro atoms. The number of hydrogen-bond acceptors (Lipinski definition) is 4. The van der Waals surface area contributed by atoms with Crippen LogP contribution in [0.15, 0.2) is 43.0 Å². The van der Waals surface area contributed by atoms with Crippen molar-refractivity contribution < 1.29 is 19.3 Å². The fourth-order valence-corrected chi connectivity index (χ4v) is 1.46. The van der Waals surface area contributed by atoms with Crippen LogP contribution < -0.4 is 0 Å². The average Bonchev–Trinajstić information content (AvgIpc) is 2.43. The van der Waals surface area contributed by atoms with Crippen molar-refractivity contribution in [3.63, 3.8) is 0 Å². The molecule has 0 aromatic heterocycles. The summed E-state index contributed by atoms with van der Waals surface area (Å²) in [5.74, 6) is 0. The molecular formula is C14H20O4. The zero-order valence-electron chi connectivity index (χ0n) is 10.6. The number of benzene rings is 1. The summed E-state index contributed by atoms with van der Waals surface area (Å²) in [6, 6.07) is 9.32. The van der Waals surface area contributed by atoms with Gasteiger partial charge in [0.25, 0.3) is 0 Å². The third-order valence-corrected chi connectivity index (χ3v) is 2.46. The maximum atomic E-state index is 10.1. The molecule has 0 aliphatic heterocycles. The van der Waals surface area contributed by atoms with Crippen molar-refractivity contribution in [2.24, 2.45) is 0 Å². The van der Waals surface area contributed by atoms with E-state index in [0.717, 1.165) is 5.56 Å². The summed E-state index contributed by atoms with van der Waals surface area (Å²) in [4.78, 5) is 0. The minimum absolute atomic E-state index is 0.101. The Morgan fingerprint density at radius 1 is 1.28 bits per heavy atom. The number of aliphatic hydroxyl groups is 1. The Morgan fingerprint density at radius 3 is 2.61 bits per heavy atom. The van der Waals surface area contributed by atoms with Crippen molar-refractivity contribution in [2.45, 2.75) is 12.2 Å². The molecule has 0 bridgehead atoms. The lowest BCUT2D eigenvalue weighted by atomic mass is 10.0. The summed E-state index contributed by atoms with van der Waals surface area (Å²) in [6.45, 7) is 4.74. The predicted octanol–water partition coefficient (Wildman–Crippen LogP) is 1.91. The van der Waals surface area contributed by atoms with Crippen molar-refractivity contribution in [1.82, 2.24) is 0 Å². The molecule has 0 fully saturated rings. The molecule has 0 radical (unpaired) electrons. The van der Waals surface area contributed by atoms with Crippen LogP contribution in [0.2, 0.25) is 0 Å². The van der Waals surface area contributed by atoms with Gasteiger partial charge in [-0.05, 0) is 5.56 Å². The van der Waals surface area contributed by atoms with Crippen LogP contribution in [0, 0.1) is 0 Å². The standard InChI is InChI=1S/C14H20O4/c1-3-13(18-11-17-10-9-16-2)14(15)12-7-5-4-6-8-12/h3-8,13-15H,1,9-11H2,2H3/t13-,14-/m0/s1. The molecule has 1 aromatic carbocycles. The first-order valence-electron chi connectivity index (χ1n) is 5.83. The van der Waals surface area contributed by atoms with Crippen molar-refractivity contribution in [3.8, 4) is 0 Å². The van der Waals surface area contributed by atoms with E-state index >= 15 is 0 Å². The molecule has 0 aliphatic rings. The van der Waals surface area contributed by atoms with Crippen molar-refractivity contribution in [1.29, 1.82) is 0 Å². The topological polar surface area (TPSA) is 47.9 Å². The Bertz CT molecular complexity index is 326. The summed E-state index contributed by atoms with van der Waals surface area (Å²) in [6.07, 6.45) is 0.335. The van der Waals surface area contributed by atoms with Gasteiger partial charge in [0.2, 0.25) is 0 Å². The quantitative estimate of drug-likeness (QED) is 0.414. The van der Waals surface area contributed by atoms with E-state index in [4.69, 9.17) is 14.2 Å². The van der Waals surface area contributed by atoms with E-state index in [9.17, 15) is 5.11 Å². The van der Waals surface area contributed by atoms with E-state index in [1.54, 1.807) is 13.2 Å². The summed E-state index contributed by atoms with van der Waals surface area (Å²) < 4.78 is 15.4. The fraction of sp³-hybridized carbons (Fsp3) is 0.429. The highest BCUT2D eigenvalue weighted by Crippen LogP contribution is 2.19. The highest BCUT2D eigenvalue weighted by atomic mass is 16.7. The number of rotatable bonds is 9. The van der Waals surface area contributed by atoms with Gasteiger partial charge in [0.05, 0.1) is 13.2 Å². The third kappa shape index (κ3) is 4.98. The summed E-state index contributed by atoms with van der Waals surface area (Å²) in [7, 11) is 1.61. The SMILES string of the molecule is C=C[C@H](OCOCCOC)[C@@H](O)c1ccccc1. The number of ether oxygens (including phenoxy) is 3. The lowest BCUT2D eigenvalue weighted by Crippen LogP contribution is -2.21. The van der Waals surface area contributed by atoms with Crippen LogP contribution in [-0.4, -0.2) is 38.3 Å². The number of methoxy groups -OCH3 is 1. The Balaban J connectivity index is 2.38. The first-order valence-corrected chi connectivity index (χ1v) is 5.83. The molecule has 0 amide bonds. The largest absolute Gasteiger partial charge is 0.385 e. The van der Waals surface area contributed by atoms with E-state index in [2.05, 4.69) is 6.58 Å². The zero-order chi connectivity index (χ0) is 13.2. The van der Waals surface area contributed by atoms with Gasteiger partial charge >= 0.3 is 0 Å². The van der Waals surface area contributed by atoms with Gasteiger partial charge in [0, 0.05) is 7.11 Å². The van der Waals surface area contributed by atoms with E-state index in [1.807, 2.05) is 30.3 Å². The van der Waals surface area contributed by atoms with Crippen molar-refractivity contribution in [2.75, 3.05) is 27.1 Å². The summed E-state index contributed by atoms with van der Waals surface area (Å²) in [5.41, 5.74) is 0.791. The van der Waals surface area contributed by atoms with Crippen molar-refractivity contribution >= 4 is 0 Å². The molecule has 100 valence electrons. The van der Waals surface area contributed by atoms with Gasteiger partial charge in [-0.25, -0.2) is 0 Å².